The normalized spacial score (nSPS) is 18.2. The Balaban J connectivity index is 1.79. The highest BCUT2D eigenvalue weighted by atomic mass is 16.5. The molecule has 0 unspecified atom stereocenters. The van der Waals surface area contributed by atoms with Gasteiger partial charge in [0.15, 0.2) is 11.7 Å². The topological polar surface area (TPSA) is 62.5 Å². The van der Waals surface area contributed by atoms with Gasteiger partial charge in [-0.05, 0) is 24.2 Å². The van der Waals surface area contributed by atoms with E-state index in [1.807, 2.05) is 6.07 Å². The van der Waals surface area contributed by atoms with E-state index in [0.29, 0.717) is 17.9 Å². The smallest absolute Gasteiger partial charge is 0.191 e. The molecule has 0 amide bonds. The van der Waals surface area contributed by atoms with Crippen molar-refractivity contribution in [2.45, 2.75) is 58.9 Å². The largest absolute Gasteiger partial charge is 0.359 e. The van der Waals surface area contributed by atoms with Crippen LogP contribution in [-0.4, -0.2) is 24.7 Å². The summed E-state index contributed by atoms with van der Waals surface area (Å²) >= 11 is 0. The lowest BCUT2D eigenvalue weighted by Crippen LogP contribution is -2.41. The van der Waals surface area contributed by atoms with Gasteiger partial charge in [0, 0.05) is 19.7 Å². The second-order valence-electron chi connectivity index (χ2n) is 6.67. The summed E-state index contributed by atoms with van der Waals surface area (Å²) in [6.45, 7) is 8.15. The standard InChI is InChI=1S/C16H28N4O/c1-12(2)14-9-13(21-20-14)10-18-15(17-4)19-11-16(3)7-5-6-8-16/h9,12H,5-8,10-11H2,1-4H3,(H2,17,18,19). The van der Waals surface area contributed by atoms with Crippen molar-refractivity contribution in [1.29, 1.82) is 0 Å². The molecule has 118 valence electrons. The summed E-state index contributed by atoms with van der Waals surface area (Å²) in [7, 11) is 1.80. The fourth-order valence-corrected chi connectivity index (χ4v) is 2.78. The Hall–Kier alpha value is -1.52. The van der Waals surface area contributed by atoms with Crippen molar-refractivity contribution in [1.82, 2.24) is 15.8 Å². The third-order valence-electron chi connectivity index (χ3n) is 4.32. The van der Waals surface area contributed by atoms with Crippen LogP contribution < -0.4 is 10.6 Å². The van der Waals surface area contributed by atoms with Crippen LogP contribution in [0.25, 0.3) is 0 Å². The molecular formula is C16H28N4O. The molecule has 1 saturated carbocycles. The molecule has 0 aromatic carbocycles. The number of guanidine groups is 1. The van der Waals surface area contributed by atoms with Crippen molar-refractivity contribution in [3.05, 3.63) is 17.5 Å². The van der Waals surface area contributed by atoms with E-state index in [1.54, 1.807) is 7.05 Å². The van der Waals surface area contributed by atoms with Gasteiger partial charge in [0.25, 0.3) is 0 Å². The van der Waals surface area contributed by atoms with Gasteiger partial charge < -0.3 is 15.2 Å². The first kappa shape index (κ1) is 15.9. The van der Waals surface area contributed by atoms with Gasteiger partial charge in [-0.2, -0.15) is 0 Å². The molecule has 0 spiro atoms. The lowest BCUT2D eigenvalue weighted by molar-refractivity contribution is 0.333. The second kappa shape index (κ2) is 6.96. The van der Waals surface area contributed by atoms with E-state index in [0.717, 1.165) is 24.0 Å². The van der Waals surface area contributed by atoms with Gasteiger partial charge in [0.1, 0.15) is 0 Å². The Labute approximate surface area is 127 Å². The minimum atomic E-state index is 0.391. The van der Waals surface area contributed by atoms with Crippen LogP contribution in [0.4, 0.5) is 0 Å². The van der Waals surface area contributed by atoms with Gasteiger partial charge in [-0.3, -0.25) is 4.99 Å². The fraction of sp³-hybridized carbons (Fsp3) is 0.750. The molecule has 2 N–H and O–H groups in total. The van der Waals surface area contributed by atoms with Gasteiger partial charge in [0.2, 0.25) is 0 Å². The molecule has 1 aromatic heterocycles. The molecule has 21 heavy (non-hydrogen) atoms. The fourth-order valence-electron chi connectivity index (χ4n) is 2.78. The molecule has 5 nitrogen and oxygen atoms in total. The first-order valence-electron chi connectivity index (χ1n) is 7.92. The highest BCUT2D eigenvalue weighted by molar-refractivity contribution is 5.79. The van der Waals surface area contributed by atoms with Crippen LogP contribution in [0.3, 0.4) is 0 Å². The molecule has 5 heteroatoms. The molecule has 0 saturated heterocycles. The zero-order valence-corrected chi connectivity index (χ0v) is 13.7. The van der Waals surface area contributed by atoms with E-state index in [2.05, 4.69) is 41.6 Å². The van der Waals surface area contributed by atoms with E-state index in [4.69, 9.17) is 4.52 Å². The van der Waals surface area contributed by atoms with E-state index < -0.39 is 0 Å². The molecule has 1 aliphatic rings. The zero-order valence-electron chi connectivity index (χ0n) is 13.7. The Bertz CT molecular complexity index is 472. The Morgan fingerprint density at radius 3 is 2.67 bits per heavy atom. The van der Waals surface area contributed by atoms with E-state index >= 15 is 0 Å². The summed E-state index contributed by atoms with van der Waals surface area (Å²) in [5, 5.41) is 10.8. The van der Waals surface area contributed by atoms with Crippen LogP contribution >= 0.6 is 0 Å². The van der Waals surface area contributed by atoms with Crippen molar-refractivity contribution in [2.24, 2.45) is 10.4 Å². The lowest BCUT2D eigenvalue weighted by Gasteiger charge is -2.24. The maximum absolute atomic E-state index is 5.32. The maximum atomic E-state index is 5.32. The molecule has 0 aliphatic heterocycles. The Morgan fingerprint density at radius 1 is 1.38 bits per heavy atom. The van der Waals surface area contributed by atoms with Crippen LogP contribution in [0, 0.1) is 5.41 Å². The lowest BCUT2D eigenvalue weighted by atomic mass is 9.89. The number of nitrogens with one attached hydrogen (secondary N) is 2. The summed E-state index contributed by atoms with van der Waals surface area (Å²) in [5.41, 5.74) is 1.41. The number of aliphatic imine (C=N–C) groups is 1. The minimum Gasteiger partial charge on any atom is -0.359 e. The molecule has 0 atom stereocenters. The molecule has 1 heterocycles. The van der Waals surface area contributed by atoms with Crippen LogP contribution in [0.15, 0.2) is 15.6 Å². The Kier molecular flexibility index (Phi) is 5.26. The van der Waals surface area contributed by atoms with E-state index in [-0.39, 0.29) is 0 Å². The summed E-state index contributed by atoms with van der Waals surface area (Å²) in [6, 6.07) is 2.00. The van der Waals surface area contributed by atoms with Crippen molar-refractivity contribution < 1.29 is 4.52 Å². The minimum absolute atomic E-state index is 0.391. The van der Waals surface area contributed by atoms with Crippen LogP contribution in [0.1, 0.15) is 63.8 Å². The third kappa shape index (κ3) is 4.48. The maximum Gasteiger partial charge on any atom is 0.191 e. The van der Waals surface area contributed by atoms with Gasteiger partial charge >= 0.3 is 0 Å². The first-order valence-corrected chi connectivity index (χ1v) is 7.92. The molecule has 1 fully saturated rings. The Morgan fingerprint density at radius 2 is 2.10 bits per heavy atom. The predicted octanol–water partition coefficient (Wildman–Crippen LogP) is 3.04. The molecule has 0 bridgehead atoms. The van der Waals surface area contributed by atoms with Gasteiger partial charge in [-0.1, -0.05) is 38.8 Å². The zero-order chi connectivity index (χ0) is 15.3. The SMILES string of the molecule is CN=C(NCc1cc(C(C)C)no1)NCC1(C)CCCC1. The molecule has 0 radical (unpaired) electrons. The summed E-state index contributed by atoms with van der Waals surface area (Å²) in [4.78, 5) is 4.27. The van der Waals surface area contributed by atoms with E-state index in [1.165, 1.54) is 25.7 Å². The predicted molar refractivity (Wildman–Crippen MR) is 85.4 cm³/mol. The summed E-state index contributed by atoms with van der Waals surface area (Å²) in [6.07, 6.45) is 5.30. The van der Waals surface area contributed by atoms with E-state index in [9.17, 15) is 0 Å². The monoisotopic (exact) mass is 292 g/mol. The van der Waals surface area contributed by atoms with Gasteiger partial charge in [0.05, 0.1) is 12.2 Å². The number of hydrogen-bond donors (Lipinski definition) is 2. The van der Waals surface area contributed by atoms with Crippen molar-refractivity contribution in [3.63, 3.8) is 0 Å². The first-order chi connectivity index (χ1) is 10.0. The van der Waals surface area contributed by atoms with Gasteiger partial charge in [-0.25, -0.2) is 0 Å². The van der Waals surface area contributed by atoms with Gasteiger partial charge in [-0.15, -0.1) is 0 Å². The molecule has 1 aromatic rings. The van der Waals surface area contributed by atoms with Crippen molar-refractivity contribution in [2.75, 3.05) is 13.6 Å². The van der Waals surface area contributed by atoms with Crippen LogP contribution in [-0.2, 0) is 6.54 Å². The molecular weight excluding hydrogens is 264 g/mol. The number of hydrogen-bond acceptors (Lipinski definition) is 3. The van der Waals surface area contributed by atoms with Crippen molar-refractivity contribution in [3.8, 4) is 0 Å². The summed E-state index contributed by atoms with van der Waals surface area (Å²) < 4.78 is 5.32. The van der Waals surface area contributed by atoms with Crippen LogP contribution in [0.5, 0.6) is 0 Å². The van der Waals surface area contributed by atoms with Crippen LogP contribution in [0.2, 0.25) is 0 Å². The third-order valence-corrected chi connectivity index (χ3v) is 4.32. The average Bonchev–Trinajstić information content (AvgIpc) is 3.08. The quantitative estimate of drug-likeness (QED) is 0.647. The number of rotatable bonds is 5. The highest BCUT2D eigenvalue weighted by Gasteiger charge is 2.28. The number of aromatic nitrogens is 1. The molecule has 1 aliphatic carbocycles. The molecule has 2 rings (SSSR count). The number of nitrogens with zero attached hydrogens (tertiary/aromatic N) is 2. The highest BCUT2D eigenvalue weighted by Crippen LogP contribution is 2.36. The summed E-state index contributed by atoms with van der Waals surface area (Å²) in [5.74, 6) is 2.06. The second-order valence-corrected chi connectivity index (χ2v) is 6.67. The average molecular weight is 292 g/mol. The van der Waals surface area contributed by atoms with Crippen molar-refractivity contribution >= 4 is 5.96 Å².